The first kappa shape index (κ1) is 22.5. The average Bonchev–Trinajstić information content (AvgIpc) is 3.21. The van der Waals surface area contributed by atoms with E-state index in [1.54, 1.807) is 26.0 Å². The van der Waals surface area contributed by atoms with Crippen molar-refractivity contribution in [2.24, 2.45) is 5.10 Å². The molecule has 0 saturated carbocycles. The van der Waals surface area contributed by atoms with Crippen LogP contribution in [-0.4, -0.2) is 20.8 Å². The molecule has 0 atom stereocenters. The Hall–Kier alpha value is -3.18. The summed E-state index contributed by atoms with van der Waals surface area (Å²) in [5, 5.41) is 6.50. The molecule has 0 saturated heterocycles. The van der Waals surface area contributed by atoms with Crippen LogP contribution in [0.2, 0.25) is 5.02 Å². The van der Waals surface area contributed by atoms with Gasteiger partial charge >= 0.3 is 6.18 Å². The Morgan fingerprint density at radius 1 is 1.32 bits per heavy atom. The maximum absolute atomic E-state index is 12.9. The van der Waals surface area contributed by atoms with Crippen LogP contribution in [0.4, 0.5) is 18.9 Å². The van der Waals surface area contributed by atoms with E-state index in [0.29, 0.717) is 11.5 Å². The van der Waals surface area contributed by atoms with E-state index in [1.165, 1.54) is 6.26 Å². The topological polar surface area (TPSA) is 95.3 Å². The van der Waals surface area contributed by atoms with E-state index in [2.05, 4.69) is 25.8 Å². The highest BCUT2D eigenvalue weighted by Crippen LogP contribution is 2.33. The molecule has 162 valence electrons. The fraction of sp³-hybridized carbons (Fsp3) is 0.158. The molecule has 0 radical (unpaired) electrons. The van der Waals surface area contributed by atoms with Crippen LogP contribution in [-0.2, 0) is 6.18 Å². The highest BCUT2D eigenvalue weighted by Gasteiger charge is 2.31. The lowest BCUT2D eigenvalue weighted by Crippen LogP contribution is -2.27. The Labute approximate surface area is 184 Å². The van der Waals surface area contributed by atoms with Gasteiger partial charge in [-0.05, 0) is 56.4 Å². The molecule has 12 heteroatoms. The minimum absolute atomic E-state index is 0.0414. The smallest absolute Gasteiger partial charge is 0.416 e. The SMILES string of the molecule is CC(=NNC(=S)Nc1cc(C(F)(F)F)ccc1Cl)c1c(C)nc(-c2ccco2)[nH]c1=O. The lowest BCUT2D eigenvalue weighted by atomic mass is 10.1. The summed E-state index contributed by atoms with van der Waals surface area (Å²) in [6.45, 7) is 3.19. The van der Waals surface area contributed by atoms with Gasteiger partial charge in [-0.2, -0.15) is 18.3 Å². The standard InChI is InChI=1S/C19H15ClF3N5O2S/c1-9-15(17(29)26-16(24-9)14-4-3-7-30-14)10(2)27-28-18(31)25-13-8-11(19(21,22)23)5-6-12(13)20/h3-8H,1-2H3,(H,24,26,29)(H2,25,28,31). The van der Waals surface area contributed by atoms with Gasteiger partial charge in [-0.25, -0.2) is 4.98 Å². The van der Waals surface area contributed by atoms with Gasteiger partial charge in [0.2, 0.25) is 0 Å². The van der Waals surface area contributed by atoms with E-state index >= 15 is 0 Å². The van der Waals surface area contributed by atoms with Crippen molar-refractivity contribution >= 4 is 40.3 Å². The van der Waals surface area contributed by atoms with Crippen LogP contribution in [0.3, 0.4) is 0 Å². The van der Waals surface area contributed by atoms with E-state index in [-0.39, 0.29) is 32.9 Å². The summed E-state index contributed by atoms with van der Waals surface area (Å²) in [6.07, 6.45) is -3.07. The summed E-state index contributed by atoms with van der Waals surface area (Å²) in [5.74, 6) is 0.677. The summed E-state index contributed by atoms with van der Waals surface area (Å²) >= 11 is 11.0. The highest BCUT2D eigenvalue weighted by molar-refractivity contribution is 7.80. The monoisotopic (exact) mass is 469 g/mol. The molecule has 0 aliphatic carbocycles. The molecular formula is C19H15ClF3N5O2S. The van der Waals surface area contributed by atoms with Gasteiger partial charge in [-0.15, -0.1) is 0 Å². The summed E-state index contributed by atoms with van der Waals surface area (Å²) in [5.41, 5.74) is 1.99. The zero-order chi connectivity index (χ0) is 22.8. The first-order valence-corrected chi connectivity index (χ1v) is 9.48. The van der Waals surface area contributed by atoms with Crippen LogP contribution in [0.25, 0.3) is 11.6 Å². The quantitative estimate of drug-likeness (QED) is 0.291. The second-order valence-electron chi connectivity index (χ2n) is 6.31. The molecule has 2 heterocycles. The first-order valence-electron chi connectivity index (χ1n) is 8.69. The van der Waals surface area contributed by atoms with Crippen molar-refractivity contribution in [2.75, 3.05) is 5.32 Å². The molecule has 0 spiro atoms. The van der Waals surface area contributed by atoms with E-state index in [1.807, 2.05) is 0 Å². The van der Waals surface area contributed by atoms with E-state index in [0.717, 1.165) is 18.2 Å². The molecular weight excluding hydrogens is 455 g/mol. The Morgan fingerprint density at radius 3 is 2.68 bits per heavy atom. The molecule has 3 aromatic rings. The molecule has 0 fully saturated rings. The summed E-state index contributed by atoms with van der Waals surface area (Å²) in [7, 11) is 0. The number of aromatic amines is 1. The van der Waals surface area contributed by atoms with Crippen LogP contribution in [0.15, 0.2) is 50.9 Å². The van der Waals surface area contributed by atoms with Gasteiger partial charge in [-0.3, -0.25) is 10.2 Å². The van der Waals surface area contributed by atoms with Crippen LogP contribution < -0.4 is 16.3 Å². The normalized spacial score (nSPS) is 12.0. The molecule has 3 N–H and O–H groups in total. The number of nitrogens with zero attached hydrogens (tertiary/aromatic N) is 2. The Kier molecular flexibility index (Phi) is 6.46. The maximum atomic E-state index is 12.9. The van der Waals surface area contributed by atoms with E-state index in [4.69, 9.17) is 28.2 Å². The van der Waals surface area contributed by atoms with Crippen molar-refractivity contribution in [2.45, 2.75) is 20.0 Å². The molecule has 7 nitrogen and oxygen atoms in total. The number of thiocarbonyl (C=S) groups is 1. The second-order valence-corrected chi connectivity index (χ2v) is 7.12. The summed E-state index contributed by atoms with van der Waals surface area (Å²) < 4.78 is 43.9. The lowest BCUT2D eigenvalue weighted by molar-refractivity contribution is -0.137. The first-order chi connectivity index (χ1) is 14.6. The Morgan fingerprint density at radius 2 is 2.06 bits per heavy atom. The molecule has 2 aromatic heterocycles. The number of H-pyrrole nitrogens is 1. The van der Waals surface area contributed by atoms with E-state index < -0.39 is 17.3 Å². The number of aryl methyl sites for hydroxylation is 1. The number of rotatable bonds is 4. The number of hydrogen-bond donors (Lipinski definition) is 3. The van der Waals surface area contributed by atoms with Gasteiger partial charge in [0.1, 0.15) is 0 Å². The molecule has 0 unspecified atom stereocenters. The number of furan rings is 1. The van der Waals surface area contributed by atoms with Gasteiger partial charge in [0.25, 0.3) is 5.56 Å². The van der Waals surface area contributed by atoms with Crippen molar-refractivity contribution in [1.29, 1.82) is 0 Å². The number of aromatic nitrogens is 2. The van der Waals surface area contributed by atoms with Gasteiger partial charge in [0, 0.05) is 0 Å². The average molecular weight is 470 g/mol. The zero-order valence-corrected chi connectivity index (χ0v) is 17.7. The number of nitrogens with one attached hydrogen (secondary N) is 3. The predicted molar refractivity (Wildman–Crippen MR) is 115 cm³/mol. The molecule has 0 bridgehead atoms. The van der Waals surface area contributed by atoms with Crippen molar-refractivity contribution in [3.8, 4) is 11.6 Å². The minimum Gasteiger partial charge on any atom is -0.461 e. The number of anilines is 1. The summed E-state index contributed by atoms with van der Waals surface area (Å²) in [4.78, 5) is 19.4. The number of halogens is 4. The fourth-order valence-electron chi connectivity index (χ4n) is 2.68. The van der Waals surface area contributed by atoms with Crippen molar-refractivity contribution in [3.05, 3.63) is 68.8 Å². The maximum Gasteiger partial charge on any atom is 0.416 e. The number of alkyl halides is 3. The highest BCUT2D eigenvalue weighted by atomic mass is 35.5. The van der Waals surface area contributed by atoms with Crippen molar-refractivity contribution in [3.63, 3.8) is 0 Å². The van der Waals surface area contributed by atoms with E-state index in [9.17, 15) is 18.0 Å². The van der Waals surface area contributed by atoms with Gasteiger partial charge in [0.15, 0.2) is 16.7 Å². The lowest BCUT2D eigenvalue weighted by Gasteiger charge is -2.13. The Bertz CT molecular complexity index is 1210. The van der Waals surface area contributed by atoms with Gasteiger partial charge in [-0.1, -0.05) is 11.6 Å². The molecule has 31 heavy (non-hydrogen) atoms. The number of hydrogen-bond acceptors (Lipinski definition) is 5. The molecule has 0 aliphatic heterocycles. The molecule has 0 aliphatic rings. The fourth-order valence-corrected chi connectivity index (χ4v) is 3.00. The van der Waals surface area contributed by atoms with Gasteiger partial charge in [0.05, 0.1) is 39.5 Å². The number of hydrazone groups is 1. The second kappa shape index (κ2) is 8.90. The zero-order valence-electron chi connectivity index (χ0n) is 16.1. The largest absolute Gasteiger partial charge is 0.461 e. The summed E-state index contributed by atoms with van der Waals surface area (Å²) in [6, 6.07) is 6.13. The van der Waals surface area contributed by atoms with Crippen LogP contribution >= 0.6 is 23.8 Å². The Balaban J connectivity index is 1.77. The van der Waals surface area contributed by atoms with Crippen LogP contribution in [0.1, 0.15) is 23.7 Å². The predicted octanol–water partition coefficient (Wildman–Crippen LogP) is 4.72. The van der Waals surface area contributed by atoms with Crippen LogP contribution in [0.5, 0.6) is 0 Å². The third-order valence-electron chi connectivity index (χ3n) is 4.08. The molecule has 1 aromatic carbocycles. The molecule has 3 rings (SSSR count). The number of benzene rings is 1. The van der Waals surface area contributed by atoms with Gasteiger partial charge < -0.3 is 14.7 Å². The van der Waals surface area contributed by atoms with Crippen molar-refractivity contribution < 1.29 is 17.6 Å². The minimum atomic E-state index is -4.53. The van der Waals surface area contributed by atoms with Crippen molar-refractivity contribution in [1.82, 2.24) is 15.4 Å². The van der Waals surface area contributed by atoms with Crippen LogP contribution in [0, 0.1) is 6.92 Å². The molecule has 0 amide bonds. The third-order valence-corrected chi connectivity index (χ3v) is 4.61. The third kappa shape index (κ3) is 5.30.